The Kier molecular flexibility index (Phi) is 3.66. The minimum atomic E-state index is -0.637. The van der Waals surface area contributed by atoms with E-state index in [2.05, 4.69) is 11.8 Å². The molecule has 20 heavy (non-hydrogen) atoms. The minimum Gasteiger partial charge on any atom is -0.492 e. The van der Waals surface area contributed by atoms with Crippen molar-refractivity contribution in [1.29, 1.82) is 0 Å². The van der Waals surface area contributed by atoms with E-state index in [-0.39, 0.29) is 12.0 Å². The SMILES string of the molecule is Cc1ccc(OCCN2C3CCC2C(C(=O)O)C3)cc1. The molecule has 0 spiro atoms. The van der Waals surface area contributed by atoms with Crippen molar-refractivity contribution in [2.24, 2.45) is 5.92 Å². The summed E-state index contributed by atoms with van der Waals surface area (Å²) in [5, 5.41) is 9.22. The second-order valence-electron chi connectivity index (χ2n) is 5.88. The fraction of sp³-hybridized carbons (Fsp3) is 0.562. The average molecular weight is 275 g/mol. The fourth-order valence-electron chi connectivity index (χ4n) is 3.62. The predicted octanol–water partition coefficient (Wildman–Crippen LogP) is 2.31. The van der Waals surface area contributed by atoms with Crippen molar-refractivity contribution in [2.45, 2.75) is 38.3 Å². The van der Waals surface area contributed by atoms with Crippen LogP contribution in [0.4, 0.5) is 0 Å². The Balaban J connectivity index is 1.52. The van der Waals surface area contributed by atoms with Crippen molar-refractivity contribution in [2.75, 3.05) is 13.2 Å². The van der Waals surface area contributed by atoms with Gasteiger partial charge in [-0.1, -0.05) is 17.7 Å². The lowest BCUT2D eigenvalue weighted by atomic mass is 9.89. The summed E-state index contributed by atoms with van der Waals surface area (Å²) < 4.78 is 5.75. The number of carbonyl (C=O) groups is 1. The summed E-state index contributed by atoms with van der Waals surface area (Å²) in [6, 6.07) is 8.70. The van der Waals surface area contributed by atoms with Crippen molar-refractivity contribution >= 4 is 5.97 Å². The molecule has 1 aromatic rings. The molecule has 2 aliphatic rings. The van der Waals surface area contributed by atoms with E-state index in [1.54, 1.807) is 0 Å². The number of hydrogen-bond acceptors (Lipinski definition) is 3. The molecule has 3 unspecified atom stereocenters. The topological polar surface area (TPSA) is 49.8 Å². The third-order valence-electron chi connectivity index (χ3n) is 4.64. The first-order valence-corrected chi connectivity index (χ1v) is 7.33. The van der Waals surface area contributed by atoms with E-state index in [0.29, 0.717) is 12.6 Å². The molecule has 0 aliphatic carbocycles. The zero-order valence-corrected chi connectivity index (χ0v) is 11.8. The molecule has 1 aromatic carbocycles. The predicted molar refractivity (Wildman–Crippen MR) is 75.9 cm³/mol. The first kappa shape index (κ1) is 13.4. The van der Waals surface area contributed by atoms with Gasteiger partial charge in [-0.15, -0.1) is 0 Å². The van der Waals surface area contributed by atoms with Gasteiger partial charge in [0.2, 0.25) is 0 Å². The van der Waals surface area contributed by atoms with Gasteiger partial charge in [0.25, 0.3) is 0 Å². The van der Waals surface area contributed by atoms with Gasteiger partial charge in [-0.05, 0) is 38.3 Å². The fourth-order valence-corrected chi connectivity index (χ4v) is 3.62. The van der Waals surface area contributed by atoms with Crippen LogP contribution in [0.1, 0.15) is 24.8 Å². The molecule has 1 N–H and O–H groups in total. The number of benzene rings is 1. The van der Waals surface area contributed by atoms with Crippen molar-refractivity contribution in [3.05, 3.63) is 29.8 Å². The van der Waals surface area contributed by atoms with E-state index >= 15 is 0 Å². The van der Waals surface area contributed by atoms with Crippen LogP contribution in [0.2, 0.25) is 0 Å². The van der Waals surface area contributed by atoms with Crippen LogP contribution >= 0.6 is 0 Å². The average Bonchev–Trinajstić information content (AvgIpc) is 2.98. The van der Waals surface area contributed by atoms with E-state index in [0.717, 1.165) is 31.6 Å². The molecule has 2 heterocycles. The molecule has 3 rings (SSSR count). The molecule has 0 radical (unpaired) electrons. The summed E-state index contributed by atoms with van der Waals surface area (Å²) in [4.78, 5) is 13.5. The number of carboxylic acids is 1. The van der Waals surface area contributed by atoms with Crippen LogP contribution in [-0.4, -0.2) is 41.2 Å². The van der Waals surface area contributed by atoms with Crippen LogP contribution in [0.25, 0.3) is 0 Å². The number of ether oxygens (including phenoxy) is 1. The highest BCUT2D eigenvalue weighted by Crippen LogP contribution is 2.41. The number of hydrogen-bond donors (Lipinski definition) is 1. The lowest BCUT2D eigenvalue weighted by molar-refractivity contribution is -0.142. The highest BCUT2D eigenvalue weighted by atomic mass is 16.5. The molecule has 3 atom stereocenters. The van der Waals surface area contributed by atoms with E-state index in [1.165, 1.54) is 5.56 Å². The molecule has 2 saturated heterocycles. The Bertz CT molecular complexity index is 485. The molecule has 2 fully saturated rings. The molecule has 0 aromatic heterocycles. The van der Waals surface area contributed by atoms with Gasteiger partial charge in [0.05, 0.1) is 5.92 Å². The van der Waals surface area contributed by atoms with Crippen LogP contribution < -0.4 is 4.74 Å². The van der Waals surface area contributed by atoms with E-state index in [4.69, 9.17) is 4.74 Å². The molecule has 4 nitrogen and oxygen atoms in total. The Labute approximate surface area is 119 Å². The third-order valence-corrected chi connectivity index (χ3v) is 4.64. The Morgan fingerprint density at radius 2 is 2.10 bits per heavy atom. The molecular weight excluding hydrogens is 254 g/mol. The van der Waals surface area contributed by atoms with Crippen LogP contribution in [0.3, 0.4) is 0 Å². The number of aryl methyl sites for hydroxylation is 1. The molecule has 0 amide bonds. The van der Waals surface area contributed by atoms with E-state index < -0.39 is 5.97 Å². The number of rotatable bonds is 5. The summed E-state index contributed by atoms with van der Waals surface area (Å²) >= 11 is 0. The maximum atomic E-state index is 11.2. The first-order valence-electron chi connectivity index (χ1n) is 7.33. The van der Waals surface area contributed by atoms with Gasteiger partial charge in [0.1, 0.15) is 12.4 Å². The highest BCUT2D eigenvalue weighted by molar-refractivity contribution is 5.71. The van der Waals surface area contributed by atoms with E-state index in [1.807, 2.05) is 24.3 Å². The smallest absolute Gasteiger partial charge is 0.308 e. The van der Waals surface area contributed by atoms with Gasteiger partial charge in [-0.3, -0.25) is 9.69 Å². The van der Waals surface area contributed by atoms with Crippen molar-refractivity contribution in [3.63, 3.8) is 0 Å². The zero-order chi connectivity index (χ0) is 14.1. The second-order valence-corrected chi connectivity index (χ2v) is 5.88. The van der Waals surface area contributed by atoms with Crippen LogP contribution in [0, 0.1) is 12.8 Å². The van der Waals surface area contributed by atoms with Crippen LogP contribution in [-0.2, 0) is 4.79 Å². The summed E-state index contributed by atoms with van der Waals surface area (Å²) in [5.41, 5.74) is 1.22. The Morgan fingerprint density at radius 1 is 1.35 bits per heavy atom. The largest absolute Gasteiger partial charge is 0.492 e. The third kappa shape index (κ3) is 2.52. The number of carboxylic acid groups (broad SMARTS) is 1. The number of nitrogens with zero attached hydrogens (tertiary/aromatic N) is 1. The summed E-state index contributed by atoms with van der Waals surface area (Å²) in [7, 11) is 0. The maximum absolute atomic E-state index is 11.2. The first-order chi connectivity index (χ1) is 9.65. The summed E-state index contributed by atoms with van der Waals surface area (Å²) in [5.74, 6) is 0.0757. The lowest BCUT2D eigenvalue weighted by Gasteiger charge is -2.22. The maximum Gasteiger partial charge on any atom is 0.308 e. The van der Waals surface area contributed by atoms with Gasteiger partial charge in [-0.25, -0.2) is 0 Å². The zero-order valence-electron chi connectivity index (χ0n) is 11.8. The second kappa shape index (κ2) is 5.44. The summed E-state index contributed by atoms with van der Waals surface area (Å²) in [6.07, 6.45) is 2.97. The van der Waals surface area contributed by atoms with Crippen molar-refractivity contribution in [1.82, 2.24) is 4.90 Å². The van der Waals surface area contributed by atoms with Gasteiger partial charge in [-0.2, -0.15) is 0 Å². The molecule has 2 bridgehead atoms. The molecule has 2 aliphatic heterocycles. The Morgan fingerprint density at radius 3 is 2.75 bits per heavy atom. The van der Waals surface area contributed by atoms with Gasteiger partial charge in [0, 0.05) is 18.6 Å². The van der Waals surface area contributed by atoms with Gasteiger partial charge < -0.3 is 9.84 Å². The van der Waals surface area contributed by atoms with Gasteiger partial charge >= 0.3 is 5.97 Å². The number of aliphatic carboxylic acids is 1. The lowest BCUT2D eigenvalue weighted by Crippen LogP contribution is -2.35. The minimum absolute atomic E-state index is 0.173. The monoisotopic (exact) mass is 275 g/mol. The molecule has 0 saturated carbocycles. The van der Waals surface area contributed by atoms with Crippen LogP contribution in [0.15, 0.2) is 24.3 Å². The molecule has 4 heteroatoms. The standard InChI is InChI=1S/C16H21NO3/c1-11-2-5-13(6-3-11)20-9-8-17-12-4-7-15(17)14(10-12)16(18)19/h2-3,5-6,12,14-15H,4,7-10H2,1H3,(H,18,19). The van der Waals surface area contributed by atoms with Crippen LogP contribution in [0.5, 0.6) is 5.75 Å². The summed E-state index contributed by atoms with van der Waals surface area (Å²) in [6.45, 7) is 3.51. The van der Waals surface area contributed by atoms with E-state index in [9.17, 15) is 9.90 Å². The highest BCUT2D eigenvalue weighted by Gasteiger charge is 2.48. The number of fused-ring (bicyclic) bond motifs is 2. The van der Waals surface area contributed by atoms with Gasteiger partial charge in [0.15, 0.2) is 0 Å². The molecular formula is C16H21NO3. The quantitative estimate of drug-likeness (QED) is 0.896. The normalized spacial score (nSPS) is 28.8. The molecule has 108 valence electrons. The Hall–Kier alpha value is -1.55. The van der Waals surface area contributed by atoms with Crippen molar-refractivity contribution in [3.8, 4) is 5.75 Å². The van der Waals surface area contributed by atoms with Crippen molar-refractivity contribution < 1.29 is 14.6 Å².